The van der Waals surface area contributed by atoms with Gasteiger partial charge in [-0.2, -0.15) is 0 Å². The Bertz CT molecular complexity index is 1730. The van der Waals surface area contributed by atoms with Crippen LogP contribution in [0.1, 0.15) is 54.0 Å². The summed E-state index contributed by atoms with van der Waals surface area (Å²) in [6, 6.07) is 12.4. The molecule has 4 aromatic rings. The lowest BCUT2D eigenvalue weighted by molar-refractivity contribution is -0.104. The van der Waals surface area contributed by atoms with Gasteiger partial charge in [0.1, 0.15) is 0 Å². The van der Waals surface area contributed by atoms with Crippen LogP contribution in [0.3, 0.4) is 0 Å². The Morgan fingerprint density at radius 2 is 1.53 bits per heavy atom. The molecule has 2 saturated heterocycles. The Kier molecular flexibility index (Phi) is 7.07. The van der Waals surface area contributed by atoms with Crippen molar-refractivity contribution in [2.24, 2.45) is 11.1 Å². The second-order valence-corrected chi connectivity index (χ2v) is 13.1. The monoisotopic (exact) mass is 591 g/mol. The Hall–Kier alpha value is -3.65. The fourth-order valence-corrected chi connectivity index (χ4v) is 7.12. The average molecular weight is 592 g/mol. The molecule has 0 atom stereocenters. The van der Waals surface area contributed by atoms with Crippen molar-refractivity contribution in [3.63, 3.8) is 0 Å². The van der Waals surface area contributed by atoms with Crippen molar-refractivity contribution >= 4 is 11.6 Å². The van der Waals surface area contributed by atoms with E-state index in [0.29, 0.717) is 22.9 Å². The van der Waals surface area contributed by atoms with E-state index in [1.807, 2.05) is 18.3 Å². The zero-order valence-corrected chi connectivity index (χ0v) is 26.0. The first-order valence-corrected chi connectivity index (χ1v) is 15.5. The maximum Gasteiger partial charge on any atom is 0.0904 e. The minimum absolute atomic E-state index is 0.399. The Morgan fingerprint density at radius 3 is 2.19 bits per heavy atom. The fraction of sp³-hybridized carbons (Fsp3) is 0.371. The molecule has 3 fully saturated rings. The van der Waals surface area contributed by atoms with Crippen molar-refractivity contribution in [3.05, 3.63) is 94.4 Å². The summed E-state index contributed by atoms with van der Waals surface area (Å²) < 4.78 is 0. The van der Waals surface area contributed by atoms with Crippen LogP contribution in [-0.4, -0.2) is 55.9 Å². The number of hydrogen-bond acceptors (Lipinski definition) is 7. The minimum Gasteiger partial charge on any atom is -0.374 e. The van der Waals surface area contributed by atoms with Crippen LogP contribution in [0.2, 0.25) is 5.02 Å². The molecule has 220 valence electrons. The van der Waals surface area contributed by atoms with E-state index in [1.165, 1.54) is 5.70 Å². The highest BCUT2D eigenvalue weighted by atomic mass is 35.5. The Morgan fingerprint density at radius 1 is 0.907 bits per heavy atom. The highest BCUT2D eigenvalue weighted by Gasteiger charge is 2.51. The third-order valence-corrected chi connectivity index (χ3v) is 9.75. The van der Waals surface area contributed by atoms with Crippen molar-refractivity contribution in [2.45, 2.75) is 52.6 Å². The molecule has 2 aromatic heterocycles. The number of likely N-dealkylation sites (tertiary alicyclic amines) is 2. The van der Waals surface area contributed by atoms with Gasteiger partial charge >= 0.3 is 0 Å². The van der Waals surface area contributed by atoms with E-state index < -0.39 is 0 Å². The molecule has 2 aromatic carbocycles. The summed E-state index contributed by atoms with van der Waals surface area (Å²) in [6.07, 6.45) is 6.00. The molecule has 0 amide bonds. The smallest absolute Gasteiger partial charge is 0.0904 e. The van der Waals surface area contributed by atoms with Crippen LogP contribution in [0.25, 0.3) is 33.6 Å². The standard InChI is InChI=1S/C35H38ClN7/c1-21(2)43-19-35(20-43)17-42(18-35)16-32-23(4)40-30(14-39-32)26-8-5-7-25(22(26)3)27-9-6-10-28(33(27)36)31-15-38-29(13-37)34(41-31)24-11-12-24/h5-10,14-15,24H,1,11-13,16-20,37H2,2-4H3. The van der Waals surface area contributed by atoms with Gasteiger partial charge in [-0.3, -0.25) is 14.9 Å². The SMILES string of the molecule is C=C(C)N1CC2(CN(Cc3ncc(-c4cccc(-c5cccc(-c6cnc(CN)c(C7CC7)n6)c5Cl)c4C)nc3C)C2)C1. The summed E-state index contributed by atoms with van der Waals surface area (Å²) >= 11 is 7.11. The van der Waals surface area contributed by atoms with Crippen LogP contribution in [0.15, 0.2) is 61.1 Å². The second kappa shape index (κ2) is 10.8. The third-order valence-electron chi connectivity index (χ3n) is 9.34. The van der Waals surface area contributed by atoms with Crippen molar-refractivity contribution in [1.82, 2.24) is 29.7 Å². The molecule has 2 N–H and O–H groups in total. The maximum atomic E-state index is 7.11. The van der Waals surface area contributed by atoms with Gasteiger partial charge in [-0.05, 0) is 44.7 Å². The van der Waals surface area contributed by atoms with E-state index in [9.17, 15) is 0 Å². The van der Waals surface area contributed by atoms with Crippen molar-refractivity contribution < 1.29 is 0 Å². The summed E-state index contributed by atoms with van der Waals surface area (Å²) in [6.45, 7) is 16.1. The maximum absolute atomic E-state index is 7.11. The highest BCUT2D eigenvalue weighted by Crippen LogP contribution is 2.44. The normalized spacial score (nSPS) is 17.6. The number of nitrogens with two attached hydrogens (primary N) is 1. The molecule has 1 saturated carbocycles. The largest absolute Gasteiger partial charge is 0.374 e. The van der Waals surface area contributed by atoms with Gasteiger partial charge in [0.05, 0.1) is 51.6 Å². The van der Waals surface area contributed by atoms with Gasteiger partial charge in [0.15, 0.2) is 0 Å². The number of aromatic nitrogens is 4. The van der Waals surface area contributed by atoms with Crippen LogP contribution in [0.5, 0.6) is 0 Å². The molecule has 7 nitrogen and oxygen atoms in total. The van der Waals surface area contributed by atoms with Crippen LogP contribution in [-0.2, 0) is 13.1 Å². The lowest BCUT2D eigenvalue weighted by Crippen LogP contribution is -2.71. The Balaban J connectivity index is 1.13. The molecule has 3 aliphatic rings. The first-order chi connectivity index (χ1) is 20.7. The van der Waals surface area contributed by atoms with E-state index in [2.05, 4.69) is 66.4 Å². The predicted molar refractivity (Wildman–Crippen MR) is 172 cm³/mol. The zero-order valence-electron chi connectivity index (χ0n) is 25.2. The third kappa shape index (κ3) is 5.13. The van der Waals surface area contributed by atoms with Gasteiger partial charge in [0.2, 0.25) is 0 Å². The zero-order chi connectivity index (χ0) is 29.9. The first kappa shape index (κ1) is 28.1. The number of halogens is 1. The minimum atomic E-state index is 0.399. The molecule has 0 radical (unpaired) electrons. The van der Waals surface area contributed by atoms with E-state index in [1.54, 1.807) is 6.20 Å². The van der Waals surface area contributed by atoms with Crippen molar-refractivity contribution in [2.75, 3.05) is 26.2 Å². The summed E-state index contributed by atoms with van der Waals surface area (Å²) in [5.74, 6) is 0.459. The number of hydrogen-bond donors (Lipinski definition) is 1. The summed E-state index contributed by atoms with van der Waals surface area (Å²) in [5, 5.41) is 0.669. The van der Waals surface area contributed by atoms with Gasteiger partial charge in [-0.25, -0.2) is 9.97 Å². The molecular weight excluding hydrogens is 554 g/mol. The van der Waals surface area contributed by atoms with E-state index in [0.717, 1.165) is 108 Å². The summed E-state index contributed by atoms with van der Waals surface area (Å²) in [7, 11) is 0. The average Bonchev–Trinajstić information content (AvgIpc) is 3.80. The molecule has 43 heavy (non-hydrogen) atoms. The van der Waals surface area contributed by atoms with Gasteiger partial charge in [-0.1, -0.05) is 54.6 Å². The molecule has 4 heterocycles. The van der Waals surface area contributed by atoms with E-state index in [4.69, 9.17) is 32.3 Å². The molecule has 8 heteroatoms. The fourth-order valence-electron chi connectivity index (χ4n) is 6.79. The first-order valence-electron chi connectivity index (χ1n) is 15.2. The molecule has 1 aliphatic carbocycles. The number of aryl methyl sites for hydroxylation is 1. The lowest BCUT2D eigenvalue weighted by atomic mass is 9.72. The number of rotatable bonds is 8. The van der Waals surface area contributed by atoms with Crippen LogP contribution in [0.4, 0.5) is 0 Å². The highest BCUT2D eigenvalue weighted by molar-refractivity contribution is 6.36. The number of allylic oxidation sites excluding steroid dienone is 1. The van der Waals surface area contributed by atoms with Gasteiger partial charge < -0.3 is 10.6 Å². The Labute approximate surface area is 258 Å². The quantitative estimate of drug-likeness (QED) is 0.249. The lowest BCUT2D eigenvalue weighted by Gasteiger charge is -2.61. The molecule has 0 unspecified atom stereocenters. The summed E-state index contributed by atoms with van der Waals surface area (Å²) in [5.41, 5.74) is 18.2. The molecular formula is C35H38ClN7. The van der Waals surface area contributed by atoms with Gasteiger partial charge in [-0.15, -0.1) is 0 Å². The second-order valence-electron chi connectivity index (χ2n) is 12.7. The number of nitrogens with zero attached hydrogens (tertiary/aromatic N) is 6. The van der Waals surface area contributed by atoms with Gasteiger partial charge in [0, 0.05) is 73.0 Å². The van der Waals surface area contributed by atoms with Crippen molar-refractivity contribution in [1.29, 1.82) is 0 Å². The molecule has 2 aliphatic heterocycles. The topological polar surface area (TPSA) is 84.1 Å². The van der Waals surface area contributed by atoms with Gasteiger partial charge in [0.25, 0.3) is 0 Å². The van der Waals surface area contributed by atoms with E-state index in [-0.39, 0.29) is 0 Å². The van der Waals surface area contributed by atoms with Crippen LogP contribution in [0, 0.1) is 19.3 Å². The van der Waals surface area contributed by atoms with Crippen LogP contribution < -0.4 is 5.73 Å². The van der Waals surface area contributed by atoms with E-state index >= 15 is 0 Å². The molecule has 7 rings (SSSR count). The number of benzene rings is 2. The van der Waals surface area contributed by atoms with Crippen LogP contribution >= 0.6 is 11.6 Å². The predicted octanol–water partition coefficient (Wildman–Crippen LogP) is 6.53. The summed E-state index contributed by atoms with van der Waals surface area (Å²) in [4.78, 5) is 24.4. The van der Waals surface area contributed by atoms with Crippen molar-refractivity contribution in [3.8, 4) is 33.6 Å². The molecule has 0 bridgehead atoms. The molecule has 1 spiro atoms.